The van der Waals surface area contributed by atoms with Gasteiger partial charge in [0.1, 0.15) is 0 Å². The van der Waals surface area contributed by atoms with Crippen molar-refractivity contribution in [2.45, 2.75) is 20.3 Å². The molecule has 0 unspecified atom stereocenters. The number of halogens is 2. The Labute approximate surface area is 106 Å². The van der Waals surface area contributed by atoms with Crippen LogP contribution in [0.15, 0.2) is 21.1 Å². The molecular formula is C11H12Br2O2. The predicted octanol–water partition coefficient (Wildman–Crippen LogP) is 3.63. The van der Waals surface area contributed by atoms with Crippen molar-refractivity contribution < 1.29 is 9.53 Å². The monoisotopic (exact) mass is 334 g/mol. The fourth-order valence-corrected chi connectivity index (χ4v) is 2.95. The third kappa shape index (κ3) is 3.61. The molecule has 82 valence electrons. The van der Waals surface area contributed by atoms with E-state index in [1.807, 2.05) is 19.1 Å². The van der Waals surface area contributed by atoms with Crippen LogP contribution in [-0.2, 0) is 16.0 Å². The zero-order valence-corrected chi connectivity index (χ0v) is 11.8. The van der Waals surface area contributed by atoms with E-state index in [0.717, 1.165) is 20.1 Å². The molecule has 0 spiro atoms. The first kappa shape index (κ1) is 12.7. The second-order valence-electron chi connectivity index (χ2n) is 3.19. The average molecular weight is 336 g/mol. The molecular weight excluding hydrogens is 324 g/mol. The number of hydrogen-bond donors (Lipinski definition) is 0. The molecule has 0 saturated heterocycles. The second kappa shape index (κ2) is 5.66. The highest BCUT2D eigenvalue weighted by molar-refractivity contribution is 9.11. The Hall–Kier alpha value is -0.350. The van der Waals surface area contributed by atoms with Crippen molar-refractivity contribution in [3.63, 3.8) is 0 Å². The highest BCUT2D eigenvalue weighted by Crippen LogP contribution is 2.27. The number of carbonyl (C=O) groups excluding carboxylic acids is 1. The number of benzene rings is 1. The molecule has 0 aliphatic heterocycles. The molecule has 0 bridgehead atoms. The Balaban J connectivity index is 2.90. The number of rotatable bonds is 3. The van der Waals surface area contributed by atoms with Crippen LogP contribution in [0, 0.1) is 6.92 Å². The lowest BCUT2D eigenvalue weighted by Gasteiger charge is -2.08. The number of hydrogen-bond acceptors (Lipinski definition) is 2. The second-order valence-corrected chi connectivity index (χ2v) is 4.90. The van der Waals surface area contributed by atoms with Crippen molar-refractivity contribution in [2.75, 3.05) is 6.61 Å². The predicted molar refractivity (Wildman–Crippen MR) is 66.9 cm³/mol. The molecule has 0 saturated carbocycles. The summed E-state index contributed by atoms with van der Waals surface area (Å²) >= 11 is 6.88. The Morgan fingerprint density at radius 2 is 1.87 bits per heavy atom. The van der Waals surface area contributed by atoms with Gasteiger partial charge in [-0.15, -0.1) is 0 Å². The first-order valence-corrected chi connectivity index (χ1v) is 6.23. The number of aryl methyl sites for hydroxylation is 1. The SMILES string of the molecule is CCOC(=O)Cc1c(Br)cc(C)cc1Br. The first-order valence-electron chi connectivity index (χ1n) is 4.64. The molecule has 4 heteroatoms. The van der Waals surface area contributed by atoms with Crippen molar-refractivity contribution >= 4 is 37.8 Å². The topological polar surface area (TPSA) is 26.3 Å². The van der Waals surface area contributed by atoms with E-state index in [1.165, 1.54) is 0 Å². The van der Waals surface area contributed by atoms with Crippen LogP contribution >= 0.6 is 31.9 Å². The van der Waals surface area contributed by atoms with Crippen molar-refractivity contribution in [1.82, 2.24) is 0 Å². The molecule has 1 aromatic rings. The molecule has 0 amide bonds. The van der Waals surface area contributed by atoms with Gasteiger partial charge in [0, 0.05) is 8.95 Å². The summed E-state index contributed by atoms with van der Waals surface area (Å²) in [5, 5.41) is 0. The van der Waals surface area contributed by atoms with Gasteiger partial charge < -0.3 is 4.74 Å². The largest absolute Gasteiger partial charge is 0.466 e. The average Bonchev–Trinajstić information content (AvgIpc) is 2.11. The minimum Gasteiger partial charge on any atom is -0.466 e. The summed E-state index contributed by atoms with van der Waals surface area (Å²) in [5.74, 6) is -0.206. The molecule has 1 rings (SSSR count). The normalized spacial score (nSPS) is 10.1. The summed E-state index contributed by atoms with van der Waals surface area (Å²) < 4.78 is 6.77. The molecule has 0 N–H and O–H groups in total. The fraction of sp³-hybridized carbons (Fsp3) is 0.364. The van der Waals surface area contributed by atoms with E-state index in [2.05, 4.69) is 31.9 Å². The molecule has 0 aliphatic carbocycles. The van der Waals surface area contributed by atoms with Crippen LogP contribution in [0.4, 0.5) is 0 Å². The van der Waals surface area contributed by atoms with E-state index in [9.17, 15) is 4.79 Å². The maximum absolute atomic E-state index is 11.3. The molecule has 0 heterocycles. The van der Waals surface area contributed by atoms with Crippen LogP contribution in [0.5, 0.6) is 0 Å². The number of esters is 1. The zero-order valence-electron chi connectivity index (χ0n) is 8.64. The summed E-state index contributed by atoms with van der Waals surface area (Å²) in [6.07, 6.45) is 0.287. The van der Waals surface area contributed by atoms with Crippen molar-refractivity contribution in [3.8, 4) is 0 Å². The Morgan fingerprint density at radius 1 is 1.33 bits per heavy atom. The van der Waals surface area contributed by atoms with Gasteiger partial charge >= 0.3 is 5.97 Å². The van der Waals surface area contributed by atoms with E-state index in [0.29, 0.717) is 6.61 Å². The molecule has 0 aliphatic rings. The summed E-state index contributed by atoms with van der Waals surface area (Å²) in [5.41, 5.74) is 2.07. The Morgan fingerprint density at radius 3 is 2.33 bits per heavy atom. The fourth-order valence-electron chi connectivity index (χ4n) is 1.25. The van der Waals surface area contributed by atoms with Gasteiger partial charge in [-0.3, -0.25) is 4.79 Å². The van der Waals surface area contributed by atoms with Crippen LogP contribution in [0.2, 0.25) is 0 Å². The summed E-state index contributed by atoms with van der Waals surface area (Å²) in [4.78, 5) is 11.3. The van der Waals surface area contributed by atoms with E-state index in [-0.39, 0.29) is 12.4 Å². The van der Waals surface area contributed by atoms with Gasteiger partial charge in [0.25, 0.3) is 0 Å². The maximum Gasteiger partial charge on any atom is 0.310 e. The highest BCUT2D eigenvalue weighted by atomic mass is 79.9. The smallest absolute Gasteiger partial charge is 0.310 e. The van der Waals surface area contributed by atoms with Gasteiger partial charge in [-0.25, -0.2) is 0 Å². The highest BCUT2D eigenvalue weighted by Gasteiger charge is 2.11. The molecule has 0 radical (unpaired) electrons. The summed E-state index contributed by atoms with van der Waals surface area (Å²) in [6.45, 7) is 4.22. The Bertz CT molecular complexity index is 352. The molecule has 0 fully saturated rings. The van der Waals surface area contributed by atoms with Crippen LogP contribution < -0.4 is 0 Å². The van der Waals surface area contributed by atoms with Crippen LogP contribution in [0.1, 0.15) is 18.1 Å². The van der Waals surface area contributed by atoms with Crippen LogP contribution in [-0.4, -0.2) is 12.6 Å². The van der Waals surface area contributed by atoms with Gasteiger partial charge in [-0.1, -0.05) is 31.9 Å². The molecule has 0 atom stereocenters. The van der Waals surface area contributed by atoms with Crippen molar-refractivity contribution in [1.29, 1.82) is 0 Å². The lowest BCUT2D eigenvalue weighted by atomic mass is 10.1. The van der Waals surface area contributed by atoms with Gasteiger partial charge in [0.15, 0.2) is 0 Å². The maximum atomic E-state index is 11.3. The zero-order chi connectivity index (χ0) is 11.4. The number of ether oxygens (including phenoxy) is 1. The lowest BCUT2D eigenvalue weighted by molar-refractivity contribution is -0.142. The standard InChI is InChI=1S/C11H12Br2O2/c1-3-15-11(14)6-8-9(12)4-7(2)5-10(8)13/h4-5H,3,6H2,1-2H3. The van der Waals surface area contributed by atoms with Gasteiger partial charge in [0.2, 0.25) is 0 Å². The minimum atomic E-state index is -0.206. The third-order valence-corrected chi connectivity index (χ3v) is 3.33. The lowest BCUT2D eigenvalue weighted by Crippen LogP contribution is -2.08. The Kier molecular flexibility index (Phi) is 4.80. The van der Waals surface area contributed by atoms with Gasteiger partial charge in [-0.2, -0.15) is 0 Å². The quantitative estimate of drug-likeness (QED) is 0.788. The molecule has 15 heavy (non-hydrogen) atoms. The molecule has 2 nitrogen and oxygen atoms in total. The van der Waals surface area contributed by atoms with E-state index >= 15 is 0 Å². The van der Waals surface area contributed by atoms with Crippen LogP contribution in [0.3, 0.4) is 0 Å². The van der Waals surface area contributed by atoms with E-state index < -0.39 is 0 Å². The van der Waals surface area contributed by atoms with Gasteiger partial charge in [0.05, 0.1) is 13.0 Å². The molecule has 0 aromatic heterocycles. The summed E-state index contributed by atoms with van der Waals surface area (Å²) in [7, 11) is 0. The minimum absolute atomic E-state index is 0.206. The third-order valence-electron chi connectivity index (χ3n) is 1.91. The number of carbonyl (C=O) groups is 1. The van der Waals surface area contributed by atoms with Crippen molar-refractivity contribution in [2.24, 2.45) is 0 Å². The molecule has 1 aromatic carbocycles. The summed E-state index contributed by atoms with van der Waals surface area (Å²) in [6, 6.07) is 3.97. The van der Waals surface area contributed by atoms with E-state index in [4.69, 9.17) is 4.74 Å². The van der Waals surface area contributed by atoms with Gasteiger partial charge in [-0.05, 0) is 37.1 Å². The first-order chi connectivity index (χ1) is 7.04. The van der Waals surface area contributed by atoms with Crippen molar-refractivity contribution in [3.05, 3.63) is 32.2 Å². The van der Waals surface area contributed by atoms with Crippen LogP contribution in [0.25, 0.3) is 0 Å². The van der Waals surface area contributed by atoms with E-state index in [1.54, 1.807) is 6.92 Å².